The van der Waals surface area contributed by atoms with Crippen molar-refractivity contribution in [3.05, 3.63) is 41.0 Å². The summed E-state index contributed by atoms with van der Waals surface area (Å²) in [5.74, 6) is -20.1. The number of hydrogen-bond acceptors (Lipinski definition) is 0. The van der Waals surface area contributed by atoms with Crippen LogP contribution in [0.2, 0.25) is 0 Å². The summed E-state index contributed by atoms with van der Waals surface area (Å²) in [5, 5.41) is 0. The zero-order valence-electron chi connectivity index (χ0n) is 8.23. The second-order valence-corrected chi connectivity index (χ2v) is 3.63. The van der Waals surface area contributed by atoms with Gasteiger partial charge >= 0.3 is 11.8 Å². The molecule has 0 nitrogen and oxygen atoms in total. The molecule has 18 heavy (non-hydrogen) atoms. The predicted molar refractivity (Wildman–Crippen MR) is 44.1 cm³/mol. The van der Waals surface area contributed by atoms with Crippen LogP contribution in [0.4, 0.5) is 35.1 Å². The first-order chi connectivity index (χ1) is 8.05. The average molecular weight is 274 g/mol. The lowest BCUT2D eigenvalue weighted by Gasteiger charge is -2.19. The van der Waals surface area contributed by atoms with Gasteiger partial charge in [-0.2, -0.15) is 17.6 Å². The third-order valence-corrected chi connectivity index (χ3v) is 2.66. The monoisotopic (exact) mass is 274 g/mol. The van der Waals surface area contributed by atoms with Crippen molar-refractivity contribution in [3.8, 4) is 0 Å². The smallest absolute Gasteiger partial charge is 0.203 e. The van der Waals surface area contributed by atoms with Crippen molar-refractivity contribution in [2.45, 2.75) is 11.8 Å². The number of allylic oxidation sites excluding steroid dienone is 1. The average Bonchev–Trinajstić information content (AvgIpc) is 2.41. The fraction of sp³-hybridized carbons (Fsp3) is 0.200. The Balaban J connectivity index is 2.98. The van der Waals surface area contributed by atoms with Crippen LogP contribution in [0.1, 0.15) is 11.1 Å². The molecule has 8 heteroatoms. The van der Waals surface area contributed by atoms with Gasteiger partial charge in [-0.25, -0.2) is 17.6 Å². The number of rotatable bonds is 0. The van der Waals surface area contributed by atoms with E-state index in [9.17, 15) is 35.1 Å². The van der Waals surface area contributed by atoms with Gasteiger partial charge in [0.1, 0.15) is 0 Å². The predicted octanol–water partition coefficient (Wildman–Crippen LogP) is 4.00. The zero-order valence-corrected chi connectivity index (χ0v) is 8.23. The second kappa shape index (κ2) is 3.24. The van der Waals surface area contributed by atoms with E-state index in [4.69, 9.17) is 0 Å². The molecule has 0 bridgehead atoms. The lowest BCUT2D eigenvalue weighted by Crippen LogP contribution is -2.33. The van der Waals surface area contributed by atoms with E-state index >= 15 is 0 Å². The summed E-state index contributed by atoms with van der Waals surface area (Å²) < 4.78 is 104. The molecule has 0 unspecified atom stereocenters. The Morgan fingerprint density at radius 2 is 1.11 bits per heavy atom. The van der Waals surface area contributed by atoms with E-state index in [0.717, 1.165) is 0 Å². The molecule has 1 aliphatic rings. The van der Waals surface area contributed by atoms with Crippen LogP contribution in [-0.4, -0.2) is 5.92 Å². The highest BCUT2D eigenvalue weighted by Gasteiger charge is 2.68. The van der Waals surface area contributed by atoms with Crippen LogP contribution >= 0.6 is 0 Å². The van der Waals surface area contributed by atoms with Crippen molar-refractivity contribution in [3.63, 3.8) is 0 Å². The van der Waals surface area contributed by atoms with Crippen molar-refractivity contribution in [2.75, 3.05) is 0 Å². The summed E-state index contributed by atoms with van der Waals surface area (Å²) in [4.78, 5) is 0. The molecule has 0 atom stereocenters. The van der Waals surface area contributed by atoms with E-state index in [1.165, 1.54) is 0 Å². The largest absolute Gasteiger partial charge is 0.343 e. The maximum absolute atomic E-state index is 13.2. The lowest BCUT2D eigenvalue weighted by molar-refractivity contribution is -0.173. The van der Waals surface area contributed by atoms with Gasteiger partial charge in [-0.15, -0.1) is 0 Å². The highest BCUT2D eigenvalue weighted by Crippen LogP contribution is 2.59. The van der Waals surface area contributed by atoms with Crippen molar-refractivity contribution in [2.24, 2.45) is 0 Å². The Bertz CT molecular complexity index is 572. The van der Waals surface area contributed by atoms with Crippen LogP contribution in [0.5, 0.6) is 0 Å². The van der Waals surface area contributed by atoms with Gasteiger partial charge in [0.2, 0.25) is 0 Å². The Labute approximate surface area is 94.5 Å². The molecule has 0 amide bonds. The normalized spacial score (nSPS) is 20.1. The third-order valence-electron chi connectivity index (χ3n) is 2.66. The summed E-state index contributed by atoms with van der Waals surface area (Å²) in [5.41, 5.74) is -5.73. The molecule has 0 radical (unpaired) electrons. The van der Waals surface area contributed by atoms with E-state index in [0.29, 0.717) is 0 Å². The molecule has 1 aliphatic carbocycles. The van der Waals surface area contributed by atoms with Gasteiger partial charge in [-0.05, 0) is 0 Å². The Kier molecular flexibility index (Phi) is 2.31. The summed E-state index contributed by atoms with van der Waals surface area (Å²) in [7, 11) is 0. The fourth-order valence-electron chi connectivity index (χ4n) is 1.71. The molecule has 1 aromatic rings. The van der Waals surface area contributed by atoms with Gasteiger partial charge in [-0.1, -0.05) is 6.58 Å². The summed E-state index contributed by atoms with van der Waals surface area (Å²) in [6.07, 6.45) is 0. The van der Waals surface area contributed by atoms with E-state index in [1.54, 1.807) is 0 Å². The zero-order chi connectivity index (χ0) is 14.0. The van der Waals surface area contributed by atoms with Crippen molar-refractivity contribution >= 4 is 5.57 Å². The minimum atomic E-state index is -5.20. The van der Waals surface area contributed by atoms with E-state index < -0.39 is 51.8 Å². The van der Waals surface area contributed by atoms with Gasteiger partial charge in [0.15, 0.2) is 23.3 Å². The summed E-state index contributed by atoms with van der Waals surface area (Å²) in [6.45, 7) is 2.49. The van der Waals surface area contributed by atoms with Crippen LogP contribution in [0.15, 0.2) is 6.58 Å². The van der Waals surface area contributed by atoms with Gasteiger partial charge in [0, 0.05) is 11.1 Å². The van der Waals surface area contributed by atoms with Gasteiger partial charge in [0.05, 0.1) is 5.56 Å². The molecule has 2 rings (SSSR count). The Morgan fingerprint density at radius 3 is 1.61 bits per heavy atom. The molecule has 0 aliphatic heterocycles. The molecule has 0 spiro atoms. The number of benzene rings is 1. The number of alkyl halides is 4. The number of hydrogen-bond donors (Lipinski definition) is 0. The summed E-state index contributed by atoms with van der Waals surface area (Å²) in [6, 6.07) is 0. The Morgan fingerprint density at radius 1 is 0.667 bits per heavy atom. The molecule has 0 aromatic heterocycles. The molecule has 0 heterocycles. The van der Waals surface area contributed by atoms with E-state index in [2.05, 4.69) is 6.58 Å². The fourth-order valence-corrected chi connectivity index (χ4v) is 1.71. The first-order valence-electron chi connectivity index (χ1n) is 4.37. The minimum absolute atomic E-state index is 1.72. The van der Waals surface area contributed by atoms with Crippen molar-refractivity contribution < 1.29 is 35.1 Å². The SMILES string of the molecule is C=C1c2c(F)c(F)c(F)c(F)c2C(F)(F)C1(F)F. The molecular formula is C10H2F8. The maximum atomic E-state index is 13.2. The first-order valence-corrected chi connectivity index (χ1v) is 4.37. The quantitative estimate of drug-likeness (QED) is 0.381. The lowest BCUT2D eigenvalue weighted by atomic mass is 10.1. The molecule has 1 aromatic carbocycles. The molecular weight excluding hydrogens is 272 g/mol. The molecule has 0 fully saturated rings. The molecule has 0 N–H and O–H groups in total. The third kappa shape index (κ3) is 1.15. The van der Waals surface area contributed by atoms with Gasteiger partial charge in [0.25, 0.3) is 0 Å². The molecule has 0 saturated heterocycles. The van der Waals surface area contributed by atoms with E-state index in [1.807, 2.05) is 0 Å². The second-order valence-electron chi connectivity index (χ2n) is 3.63. The highest BCUT2D eigenvalue weighted by atomic mass is 19.3. The van der Waals surface area contributed by atoms with Crippen LogP contribution in [-0.2, 0) is 5.92 Å². The van der Waals surface area contributed by atoms with Gasteiger partial charge in [-0.3, -0.25) is 0 Å². The van der Waals surface area contributed by atoms with Gasteiger partial charge < -0.3 is 0 Å². The first kappa shape index (κ1) is 12.8. The standard InChI is InChI=1S/C10H2F8/c1-2-3-4(10(17,18)9(2,15)16)6(12)8(14)7(13)5(3)11/h1H2. The van der Waals surface area contributed by atoms with Crippen molar-refractivity contribution in [1.82, 2.24) is 0 Å². The van der Waals surface area contributed by atoms with Crippen LogP contribution in [0.25, 0.3) is 5.57 Å². The van der Waals surface area contributed by atoms with Crippen LogP contribution < -0.4 is 0 Å². The number of halogens is 8. The van der Waals surface area contributed by atoms with Crippen LogP contribution in [0.3, 0.4) is 0 Å². The van der Waals surface area contributed by atoms with Crippen LogP contribution in [0, 0.1) is 23.3 Å². The highest BCUT2D eigenvalue weighted by molar-refractivity contribution is 5.79. The van der Waals surface area contributed by atoms with Crippen molar-refractivity contribution in [1.29, 1.82) is 0 Å². The molecule has 98 valence electrons. The maximum Gasteiger partial charge on any atom is 0.343 e. The Hall–Kier alpha value is -1.60. The minimum Gasteiger partial charge on any atom is -0.203 e. The number of fused-ring (bicyclic) bond motifs is 1. The topological polar surface area (TPSA) is 0 Å². The summed E-state index contributed by atoms with van der Waals surface area (Å²) >= 11 is 0. The molecule has 0 saturated carbocycles. The van der Waals surface area contributed by atoms with E-state index in [-0.39, 0.29) is 0 Å².